The molecule has 0 saturated carbocycles. The molecular formula is C23H17ClN4O3S. The third-order valence-electron chi connectivity index (χ3n) is 4.88. The van der Waals surface area contributed by atoms with Crippen LogP contribution in [0.25, 0.3) is 22.3 Å². The Morgan fingerprint density at radius 2 is 1.94 bits per heavy atom. The zero-order chi connectivity index (χ0) is 22.1. The van der Waals surface area contributed by atoms with Gasteiger partial charge in [0.05, 0.1) is 29.5 Å². The van der Waals surface area contributed by atoms with Crippen molar-refractivity contribution in [3.05, 3.63) is 93.5 Å². The summed E-state index contributed by atoms with van der Waals surface area (Å²) in [6.07, 6.45) is 1.58. The summed E-state index contributed by atoms with van der Waals surface area (Å²) in [6, 6.07) is 16.6. The van der Waals surface area contributed by atoms with Gasteiger partial charge in [0.25, 0.3) is 5.56 Å². The molecule has 5 aromatic rings. The van der Waals surface area contributed by atoms with E-state index in [9.17, 15) is 4.79 Å². The van der Waals surface area contributed by atoms with E-state index < -0.39 is 0 Å². The van der Waals surface area contributed by atoms with E-state index in [0.717, 1.165) is 11.1 Å². The van der Waals surface area contributed by atoms with Gasteiger partial charge < -0.3 is 8.94 Å². The molecule has 9 heteroatoms. The normalized spacial score (nSPS) is 11.3. The minimum Gasteiger partial charge on any atom is -0.467 e. The monoisotopic (exact) mass is 464 g/mol. The first-order valence-corrected chi connectivity index (χ1v) is 11.2. The topological polar surface area (TPSA) is 87.0 Å². The van der Waals surface area contributed by atoms with E-state index in [1.54, 1.807) is 35.1 Å². The third kappa shape index (κ3) is 4.19. The molecule has 0 radical (unpaired) electrons. The number of aromatic nitrogens is 4. The Bertz CT molecular complexity index is 1440. The Balaban J connectivity index is 1.46. The lowest BCUT2D eigenvalue weighted by Crippen LogP contribution is -2.23. The zero-order valence-corrected chi connectivity index (χ0v) is 18.6. The highest BCUT2D eigenvalue weighted by Gasteiger charge is 2.16. The molecule has 2 aromatic carbocycles. The molecule has 0 bridgehead atoms. The SMILES string of the molecule is Cc1ccc(-c2noc(CSc3nc4cc(Cl)ccc4c(=O)n3Cc3ccco3)n2)cc1. The summed E-state index contributed by atoms with van der Waals surface area (Å²) in [5.74, 6) is 1.97. The number of hydrogen-bond acceptors (Lipinski definition) is 7. The molecule has 0 atom stereocenters. The lowest BCUT2D eigenvalue weighted by molar-refractivity contribution is 0.391. The van der Waals surface area contributed by atoms with Crippen LogP contribution >= 0.6 is 23.4 Å². The van der Waals surface area contributed by atoms with Gasteiger partial charge in [0.2, 0.25) is 11.7 Å². The maximum absolute atomic E-state index is 13.2. The first kappa shape index (κ1) is 20.5. The quantitative estimate of drug-likeness (QED) is 0.247. The zero-order valence-electron chi connectivity index (χ0n) is 17.0. The standard InChI is InChI=1S/C23H17ClN4O3S/c1-14-4-6-15(7-5-14)21-26-20(31-27-21)13-32-23-25-19-11-16(24)8-9-18(19)22(29)28(23)12-17-3-2-10-30-17/h2-11H,12-13H2,1H3. The maximum atomic E-state index is 13.2. The number of thioether (sulfide) groups is 1. The average molecular weight is 465 g/mol. The summed E-state index contributed by atoms with van der Waals surface area (Å²) in [5.41, 5.74) is 2.40. The van der Waals surface area contributed by atoms with E-state index in [4.69, 9.17) is 20.5 Å². The fourth-order valence-electron chi connectivity index (χ4n) is 3.24. The van der Waals surface area contributed by atoms with Crippen LogP contribution in [0.2, 0.25) is 5.02 Å². The summed E-state index contributed by atoms with van der Waals surface area (Å²) in [5, 5.41) is 5.59. The lowest BCUT2D eigenvalue weighted by Gasteiger charge is -2.11. The average Bonchev–Trinajstić information content (AvgIpc) is 3.47. The Morgan fingerprint density at radius 1 is 1.09 bits per heavy atom. The minimum atomic E-state index is -0.170. The fraction of sp³-hybridized carbons (Fsp3) is 0.130. The van der Waals surface area contributed by atoms with Crippen molar-refractivity contribution in [3.63, 3.8) is 0 Å². The van der Waals surface area contributed by atoms with Crippen molar-refractivity contribution in [3.8, 4) is 11.4 Å². The summed E-state index contributed by atoms with van der Waals surface area (Å²) < 4.78 is 12.4. The van der Waals surface area contributed by atoms with Crippen LogP contribution in [0, 0.1) is 6.92 Å². The lowest BCUT2D eigenvalue weighted by atomic mass is 10.1. The molecule has 0 spiro atoms. The predicted molar refractivity (Wildman–Crippen MR) is 123 cm³/mol. The molecule has 32 heavy (non-hydrogen) atoms. The van der Waals surface area contributed by atoms with Gasteiger partial charge in [-0.05, 0) is 37.3 Å². The number of benzene rings is 2. The summed E-state index contributed by atoms with van der Waals surface area (Å²) in [4.78, 5) is 22.3. The second kappa shape index (κ2) is 8.64. The Labute approximate surface area is 192 Å². The van der Waals surface area contributed by atoms with Crippen LogP contribution in [0.4, 0.5) is 0 Å². The van der Waals surface area contributed by atoms with Gasteiger partial charge in [-0.1, -0.05) is 58.3 Å². The van der Waals surface area contributed by atoms with Crippen molar-refractivity contribution in [1.29, 1.82) is 0 Å². The minimum absolute atomic E-state index is 0.170. The third-order valence-corrected chi connectivity index (χ3v) is 6.08. The van der Waals surface area contributed by atoms with Gasteiger partial charge in [0.1, 0.15) is 5.76 Å². The van der Waals surface area contributed by atoms with Crippen LogP contribution in [-0.4, -0.2) is 19.7 Å². The van der Waals surface area contributed by atoms with Gasteiger partial charge in [0.15, 0.2) is 5.16 Å². The maximum Gasteiger partial charge on any atom is 0.262 e. The van der Waals surface area contributed by atoms with Crippen LogP contribution in [0.5, 0.6) is 0 Å². The second-order valence-corrected chi connectivity index (χ2v) is 8.57. The summed E-state index contributed by atoms with van der Waals surface area (Å²) in [7, 11) is 0. The second-order valence-electron chi connectivity index (χ2n) is 7.19. The predicted octanol–water partition coefficient (Wildman–Crippen LogP) is 5.34. The van der Waals surface area contributed by atoms with Gasteiger partial charge in [-0.3, -0.25) is 9.36 Å². The molecule has 0 aliphatic rings. The largest absolute Gasteiger partial charge is 0.467 e. The number of hydrogen-bond donors (Lipinski definition) is 0. The molecule has 3 heterocycles. The smallest absolute Gasteiger partial charge is 0.262 e. The van der Waals surface area contributed by atoms with E-state index in [1.807, 2.05) is 37.3 Å². The number of fused-ring (bicyclic) bond motifs is 1. The van der Waals surface area contributed by atoms with Gasteiger partial charge in [0, 0.05) is 10.6 Å². The van der Waals surface area contributed by atoms with Crippen LogP contribution in [0.1, 0.15) is 17.2 Å². The highest BCUT2D eigenvalue weighted by Crippen LogP contribution is 2.25. The molecule has 7 nitrogen and oxygen atoms in total. The van der Waals surface area contributed by atoms with Gasteiger partial charge >= 0.3 is 0 Å². The molecule has 160 valence electrons. The van der Waals surface area contributed by atoms with Crippen molar-refractivity contribution in [2.24, 2.45) is 0 Å². The Hall–Kier alpha value is -3.36. The molecule has 0 aliphatic heterocycles. The van der Waals surface area contributed by atoms with Gasteiger partial charge in [-0.15, -0.1) is 0 Å². The van der Waals surface area contributed by atoms with Gasteiger partial charge in [-0.2, -0.15) is 4.98 Å². The van der Waals surface area contributed by atoms with Crippen LogP contribution in [0.15, 0.2) is 79.8 Å². The number of nitrogens with zero attached hydrogens (tertiary/aromatic N) is 4. The summed E-state index contributed by atoms with van der Waals surface area (Å²) in [6.45, 7) is 2.28. The molecule has 0 fully saturated rings. The fourth-order valence-corrected chi connectivity index (χ4v) is 4.24. The van der Waals surface area contributed by atoms with E-state index in [1.165, 1.54) is 11.8 Å². The first-order chi connectivity index (χ1) is 15.6. The molecule has 0 aliphatic carbocycles. The van der Waals surface area contributed by atoms with E-state index >= 15 is 0 Å². The van der Waals surface area contributed by atoms with Crippen molar-refractivity contribution in [2.45, 2.75) is 24.4 Å². The van der Waals surface area contributed by atoms with Crippen molar-refractivity contribution in [2.75, 3.05) is 0 Å². The molecule has 5 rings (SSSR count). The van der Waals surface area contributed by atoms with E-state index in [2.05, 4.69) is 15.1 Å². The highest BCUT2D eigenvalue weighted by molar-refractivity contribution is 7.98. The number of rotatable bonds is 6. The number of aryl methyl sites for hydroxylation is 1. The number of furan rings is 1. The molecule has 0 N–H and O–H groups in total. The Morgan fingerprint density at radius 3 is 2.72 bits per heavy atom. The van der Waals surface area contributed by atoms with Crippen molar-refractivity contribution >= 4 is 34.3 Å². The van der Waals surface area contributed by atoms with Gasteiger partial charge in [-0.25, -0.2) is 4.98 Å². The molecule has 3 aromatic heterocycles. The van der Waals surface area contributed by atoms with Crippen LogP contribution in [-0.2, 0) is 12.3 Å². The van der Waals surface area contributed by atoms with Crippen LogP contribution < -0.4 is 5.56 Å². The first-order valence-electron chi connectivity index (χ1n) is 9.82. The Kier molecular flexibility index (Phi) is 5.55. The molecule has 0 unspecified atom stereocenters. The van der Waals surface area contributed by atoms with Crippen LogP contribution in [0.3, 0.4) is 0 Å². The van der Waals surface area contributed by atoms with E-state index in [-0.39, 0.29) is 12.1 Å². The number of halogens is 1. The molecule has 0 amide bonds. The highest BCUT2D eigenvalue weighted by atomic mass is 35.5. The summed E-state index contributed by atoms with van der Waals surface area (Å²) >= 11 is 7.46. The molecule has 0 saturated heterocycles. The van der Waals surface area contributed by atoms with Crippen molar-refractivity contribution in [1.82, 2.24) is 19.7 Å². The van der Waals surface area contributed by atoms with Crippen molar-refractivity contribution < 1.29 is 8.94 Å². The van der Waals surface area contributed by atoms with E-state index in [0.29, 0.717) is 44.3 Å². The molecular weight excluding hydrogens is 448 g/mol.